The van der Waals surface area contributed by atoms with E-state index in [4.69, 9.17) is 10.7 Å². The Hall–Kier alpha value is -0.390. The van der Waals surface area contributed by atoms with Crippen molar-refractivity contribution in [3.8, 4) is 0 Å². The molecule has 16 heavy (non-hydrogen) atoms. The molecule has 1 fully saturated rings. The fraction of sp³-hybridized carbons (Fsp3) is 0.667. The Balaban J connectivity index is 2.30. The third-order valence-corrected chi connectivity index (χ3v) is 4.21. The first-order valence-corrected chi connectivity index (χ1v) is 6.97. The average Bonchev–Trinajstić information content (AvgIpc) is 2.09. The van der Waals surface area contributed by atoms with E-state index < -0.39 is 0 Å². The predicted molar refractivity (Wildman–Crippen MR) is 74.3 cm³/mol. The molecule has 1 aliphatic rings. The molecule has 3 nitrogen and oxygen atoms in total. The molecule has 88 valence electrons. The van der Waals surface area contributed by atoms with E-state index in [0.29, 0.717) is 17.7 Å². The standard InChI is InChI=1S/C12H18IN3/c1-7(2)6-9-10(13)11(14)16-12(15-9)8-4-3-5-8/h7-8H,3-6H2,1-2H3,(H2,14,15,16). The summed E-state index contributed by atoms with van der Waals surface area (Å²) in [6.07, 6.45) is 4.74. The van der Waals surface area contributed by atoms with Gasteiger partial charge in [0.1, 0.15) is 11.6 Å². The highest BCUT2D eigenvalue weighted by atomic mass is 127. The Morgan fingerprint density at radius 1 is 1.38 bits per heavy atom. The van der Waals surface area contributed by atoms with Crippen LogP contribution in [0.15, 0.2) is 0 Å². The summed E-state index contributed by atoms with van der Waals surface area (Å²) in [4.78, 5) is 9.12. The first-order chi connectivity index (χ1) is 7.58. The fourth-order valence-electron chi connectivity index (χ4n) is 1.90. The molecule has 0 aromatic carbocycles. The Morgan fingerprint density at radius 2 is 2.06 bits per heavy atom. The van der Waals surface area contributed by atoms with Crippen molar-refractivity contribution in [2.45, 2.75) is 45.4 Å². The maximum absolute atomic E-state index is 5.96. The van der Waals surface area contributed by atoms with E-state index >= 15 is 0 Å². The van der Waals surface area contributed by atoms with Crippen molar-refractivity contribution in [2.24, 2.45) is 5.92 Å². The topological polar surface area (TPSA) is 51.8 Å². The Kier molecular flexibility index (Phi) is 3.66. The molecule has 2 rings (SSSR count). The van der Waals surface area contributed by atoms with Crippen LogP contribution < -0.4 is 5.73 Å². The summed E-state index contributed by atoms with van der Waals surface area (Å²) >= 11 is 2.26. The highest BCUT2D eigenvalue weighted by Crippen LogP contribution is 2.35. The summed E-state index contributed by atoms with van der Waals surface area (Å²) in [6, 6.07) is 0. The van der Waals surface area contributed by atoms with Crippen LogP contribution >= 0.6 is 22.6 Å². The van der Waals surface area contributed by atoms with Gasteiger partial charge in [-0.05, 0) is 47.8 Å². The molecule has 1 aromatic rings. The molecule has 4 heteroatoms. The molecule has 0 unspecified atom stereocenters. The smallest absolute Gasteiger partial charge is 0.140 e. The summed E-state index contributed by atoms with van der Waals surface area (Å²) in [7, 11) is 0. The van der Waals surface area contributed by atoms with Crippen LogP contribution in [0, 0.1) is 9.49 Å². The number of hydrogen-bond acceptors (Lipinski definition) is 3. The number of aromatic nitrogens is 2. The van der Waals surface area contributed by atoms with E-state index in [-0.39, 0.29) is 0 Å². The van der Waals surface area contributed by atoms with E-state index in [1.165, 1.54) is 19.3 Å². The highest BCUT2D eigenvalue weighted by molar-refractivity contribution is 14.1. The molecule has 0 spiro atoms. The molecule has 0 bridgehead atoms. The van der Waals surface area contributed by atoms with Crippen LogP contribution in [0.3, 0.4) is 0 Å². The lowest BCUT2D eigenvalue weighted by Gasteiger charge is -2.24. The number of nitrogens with zero attached hydrogens (tertiary/aromatic N) is 2. The van der Waals surface area contributed by atoms with E-state index in [0.717, 1.165) is 21.5 Å². The normalized spacial score (nSPS) is 16.5. The van der Waals surface area contributed by atoms with Gasteiger partial charge in [0.2, 0.25) is 0 Å². The minimum Gasteiger partial charge on any atom is -0.383 e. The van der Waals surface area contributed by atoms with Crippen LogP contribution in [0.25, 0.3) is 0 Å². The minimum atomic E-state index is 0.560. The lowest BCUT2D eigenvalue weighted by Crippen LogP contribution is -2.16. The van der Waals surface area contributed by atoms with Crippen molar-refractivity contribution in [1.29, 1.82) is 0 Å². The molecule has 2 N–H and O–H groups in total. The zero-order valence-corrected chi connectivity index (χ0v) is 12.0. The SMILES string of the molecule is CC(C)Cc1nc(C2CCC2)nc(N)c1I. The molecule has 1 saturated carbocycles. The first kappa shape index (κ1) is 12.1. The van der Waals surface area contributed by atoms with Crippen LogP contribution in [-0.4, -0.2) is 9.97 Å². The molecular weight excluding hydrogens is 313 g/mol. The molecule has 0 atom stereocenters. The van der Waals surface area contributed by atoms with E-state index in [1.54, 1.807) is 0 Å². The van der Waals surface area contributed by atoms with Gasteiger partial charge in [0.05, 0.1) is 9.26 Å². The summed E-state index contributed by atoms with van der Waals surface area (Å²) in [5.74, 6) is 2.80. The van der Waals surface area contributed by atoms with Crippen LogP contribution in [0.2, 0.25) is 0 Å². The second kappa shape index (κ2) is 4.85. The van der Waals surface area contributed by atoms with Crippen molar-refractivity contribution in [2.75, 3.05) is 5.73 Å². The van der Waals surface area contributed by atoms with Gasteiger partial charge in [-0.2, -0.15) is 0 Å². The van der Waals surface area contributed by atoms with Crippen molar-refractivity contribution >= 4 is 28.4 Å². The second-order valence-corrected chi connectivity index (χ2v) is 6.03. The van der Waals surface area contributed by atoms with Gasteiger partial charge in [-0.1, -0.05) is 20.3 Å². The molecule has 0 saturated heterocycles. The zero-order chi connectivity index (χ0) is 11.7. The zero-order valence-electron chi connectivity index (χ0n) is 9.83. The average molecular weight is 331 g/mol. The third-order valence-electron chi connectivity index (χ3n) is 3.03. The van der Waals surface area contributed by atoms with Crippen LogP contribution in [-0.2, 0) is 6.42 Å². The summed E-state index contributed by atoms with van der Waals surface area (Å²) in [6.45, 7) is 4.41. The Labute approximate surface area is 110 Å². The summed E-state index contributed by atoms with van der Waals surface area (Å²) in [5, 5.41) is 0. The van der Waals surface area contributed by atoms with Gasteiger partial charge >= 0.3 is 0 Å². The first-order valence-electron chi connectivity index (χ1n) is 5.89. The molecule has 1 aromatic heterocycles. The van der Waals surface area contributed by atoms with Gasteiger partial charge in [-0.25, -0.2) is 9.97 Å². The van der Waals surface area contributed by atoms with Crippen molar-refractivity contribution in [3.63, 3.8) is 0 Å². The second-order valence-electron chi connectivity index (χ2n) is 4.95. The maximum atomic E-state index is 5.96. The molecule has 0 aliphatic heterocycles. The number of anilines is 1. The van der Waals surface area contributed by atoms with Crippen LogP contribution in [0.1, 0.15) is 50.5 Å². The van der Waals surface area contributed by atoms with Gasteiger partial charge in [0.15, 0.2) is 0 Å². The summed E-state index contributed by atoms with van der Waals surface area (Å²) in [5.41, 5.74) is 7.08. The third kappa shape index (κ3) is 2.47. The Morgan fingerprint density at radius 3 is 2.56 bits per heavy atom. The van der Waals surface area contributed by atoms with Crippen LogP contribution in [0.4, 0.5) is 5.82 Å². The quantitative estimate of drug-likeness (QED) is 0.866. The number of nitrogen functional groups attached to an aromatic ring is 1. The molecule has 0 amide bonds. The largest absolute Gasteiger partial charge is 0.383 e. The molecule has 0 radical (unpaired) electrons. The van der Waals surface area contributed by atoms with Gasteiger partial charge in [-0.15, -0.1) is 0 Å². The predicted octanol–water partition coefficient (Wildman–Crippen LogP) is 3.13. The number of hydrogen-bond donors (Lipinski definition) is 1. The molecule has 1 aliphatic carbocycles. The van der Waals surface area contributed by atoms with E-state index in [1.807, 2.05) is 0 Å². The summed E-state index contributed by atoms with van der Waals surface area (Å²) < 4.78 is 1.04. The van der Waals surface area contributed by atoms with Gasteiger partial charge in [0.25, 0.3) is 0 Å². The monoisotopic (exact) mass is 331 g/mol. The number of halogens is 1. The maximum Gasteiger partial charge on any atom is 0.140 e. The highest BCUT2D eigenvalue weighted by Gasteiger charge is 2.24. The van der Waals surface area contributed by atoms with Gasteiger partial charge < -0.3 is 5.73 Å². The minimum absolute atomic E-state index is 0.560. The molecular formula is C12H18IN3. The van der Waals surface area contributed by atoms with Crippen LogP contribution in [0.5, 0.6) is 0 Å². The molecule has 1 heterocycles. The van der Waals surface area contributed by atoms with E-state index in [2.05, 4.69) is 41.4 Å². The van der Waals surface area contributed by atoms with E-state index in [9.17, 15) is 0 Å². The van der Waals surface area contributed by atoms with Crippen molar-refractivity contribution in [1.82, 2.24) is 9.97 Å². The van der Waals surface area contributed by atoms with Gasteiger partial charge in [0, 0.05) is 5.92 Å². The Bertz CT molecular complexity index is 386. The van der Waals surface area contributed by atoms with Crippen molar-refractivity contribution < 1.29 is 0 Å². The van der Waals surface area contributed by atoms with Crippen molar-refractivity contribution in [3.05, 3.63) is 15.1 Å². The number of rotatable bonds is 3. The fourth-order valence-corrected chi connectivity index (χ4v) is 2.37. The lowest BCUT2D eigenvalue weighted by molar-refractivity contribution is 0.400. The van der Waals surface area contributed by atoms with Gasteiger partial charge in [-0.3, -0.25) is 0 Å². The number of nitrogens with two attached hydrogens (primary N) is 1. The lowest BCUT2D eigenvalue weighted by atomic mass is 9.85.